The lowest BCUT2D eigenvalue weighted by molar-refractivity contribution is 0.0608. The maximum atomic E-state index is 11.8. The van der Waals surface area contributed by atoms with E-state index in [4.69, 9.17) is 5.73 Å². The number of hydrogen-bond acceptors (Lipinski definition) is 3. The van der Waals surface area contributed by atoms with Crippen molar-refractivity contribution < 1.29 is 4.79 Å². The molecule has 3 nitrogen and oxygen atoms in total. The van der Waals surface area contributed by atoms with Crippen LogP contribution in [0.3, 0.4) is 0 Å². The number of carbonyl (C=O) groups is 1. The second-order valence-electron chi connectivity index (χ2n) is 3.21. The first kappa shape index (κ1) is 10.6. The van der Waals surface area contributed by atoms with Crippen molar-refractivity contribution in [3.63, 3.8) is 0 Å². The van der Waals surface area contributed by atoms with Crippen LogP contribution in [0, 0.1) is 0 Å². The van der Waals surface area contributed by atoms with E-state index in [1.807, 2.05) is 6.07 Å². The Balaban J connectivity index is 2.15. The first-order valence-electron chi connectivity index (χ1n) is 4.07. The largest absolute Gasteiger partial charge is 0.335 e. The van der Waals surface area contributed by atoms with Gasteiger partial charge in [0.25, 0.3) is 5.91 Å². The molecule has 1 aliphatic rings. The van der Waals surface area contributed by atoms with E-state index in [1.54, 1.807) is 4.90 Å². The highest BCUT2D eigenvalue weighted by molar-refractivity contribution is 9.12. The molecule has 6 heteroatoms. The summed E-state index contributed by atoms with van der Waals surface area (Å²) in [6.45, 7) is 1.33. The number of amides is 1. The van der Waals surface area contributed by atoms with Crippen LogP contribution in [0.2, 0.25) is 0 Å². The third-order valence-electron chi connectivity index (χ3n) is 2.08. The molecule has 1 saturated heterocycles. The van der Waals surface area contributed by atoms with Gasteiger partial charge in [-0.2, -0.15) is 0 Å². The predicted molar refractivity (Wildman–Crippen MR) is 63.6 cm³/mol. The van der Waals surface area contributed by atoms with Crippen LogP contribution in [-0.2, 0) is 0 Å². The molecule has 0 atom stereocenters. The summed E-state index contributed by atoms with van der Waals surface area (Å²) in [4.78, 5) is 13.6. The molecule has 1 fully saturated rings. The van der Waals surface area contributed by atoms with Crippen molar-refractivity contribution in [2.24, 2.45) is 5.73 Å². The number of nitrogens with two attached hydrogens (primary N) is 1. The van der Waals surface area contributed by atoms with Crippen LogP contribution >= 0.6 is 43.2 Å². The van der Waals surface area contributed by atoms with E-state index in [0.717, 1.165) is 7.57 Å². The van der Waals surface area contributed by atoms with Gasteiger partial charge in [0, 0.05) is 19.1 Å². The smallest absolute Gasteiger partial charge is 0.256 e. The SMILES string of the molecule is NC1CN(C(=O)c2cc(Br)sc2Br)C1. The zero-order chi connectivity index (χ0) is 10.3. The van der Waals surface area contributed by atoms with E-state index >= 15 is 0 Å². The fourth-order valence-electron chi connectivity index (χ4n) is 1.33. The molecule has 0 unspecified atom stereocenters. The van der Waals surface area contributed by atoms with Crippen LogP contribution in [-0.4, -0.2) is 29.9 Å². The van der Waals surface area contributed by atoms with Crippen molar-refractivity contribution >= 4 is 49.1 Å². The fourth-order valence-corrected chi connectivity index (χ4v) is 4.11. The van der Waals surface area contributed by atoms with Crippen molar-refractivity contribution in [3.8, 4) is 0 Å². The van der Waals surface area contributed by atoms with E-state index in [9.17, 15) is 4.79 Å². The summed E-state index contributed by atoms with van der Waals surface area (Å²) in [6.07, 6.45) is 0. The molecule has 1 aromatic rings. The van der Waals surface area contributed by atoms with Gasteiger partial charge < -0.3 is 10.6 Å². The Bertz CT molecular complexity index is 373. The minimum atomic E-state index is 0.0560. The maximum absolute atomic E-state index is 11.8. The highest BCUT2D eigenvalue weighted by Crippen LogP contribution is 2.33. The van der Waals surface area contributed by atoms with E-state index < -0.39 is 0 Å². The molecule has 14 heavy (non-hydrogen) atoms. The van der Waals surface area contributed by atoms with Crippen molar-refractivity contribution in [1.29, 1.82) is 0 Å². The van der Waals surface area contributed by atoms with Gasteiger partial charge in [0.2, 0.25) is 0 Å². The molecule has 0 bridgehead atoms. The molecular formula is C8H8Br2N2OS. The summed E-state index contributed by atoms with van der Waals surface area (Å²) in [5.74, 6) is 0.0560. The number of halogens is 2. The molecule has 76 valence electrons. The molecule has 1 aromatic heterocycles. The van der Waals surface area contributed by atoms with Gasteiger partial charge in [-0.3, -0.25) is 4.79 Å². The lowest BCUT2D eigenvalue weighted by atomic mass is 10.1. The van der Waals surface area contributed by atoms with Gasteiger partial charge in [-0.1, -0.05) is 0 Å². The normalized spacial score (nSPS) is 16.9. The van der Waals surface area contributed by atoms with Crippen LogP contribution < -0.4 is 5.73 Å². The van der Waals surface area contributed by atoms with Gasteiger partial charge in [-0.15, -0.1) is 11.3 Å². The van der Waals surface area contributed by atoms with Gasteiger partial charge >= 0.3 is 0 Å². The maximum Gasteiger partial charge on any atom is 0.256 e. The van der Waals surface area contributed by atoms with E-state index in [2.05, 4.69) is 31.9 Å². The Kier molecular flexibility index (Phi) is 2.97. The summed E-state index contributed by atoms with van der Waals surface area (Å²) in [7, 11) is 0. The van der Waals surface area contributed by atoms with Gasteiger partial charge in [0.1, 0.15) is 0 Å². The molecule has 0 aliphatic carbocycles. The summed E-state index contributed by atoms with van der Waals surface area (Å²) in [5.41, 5.74) is 6.33. The molecule has 2 N–H and O–H groups in total. The lowest BCUT2D eigenvalue weighted by Gasteiger charge is -2.36. The van der Waals surface area contributed by atoms with Crippen LogP contribution in [0.4, 0.5) is 0 Å². The van der Waals surface area contributed by atoms with E-state index in [-0.39, 0.29) is 11.9 Å². The van der Waals surface area contributed by atoms with Crippen LogP contribution in [0.15, 0.2) is 13.6 Å². The average molecular weight is 340 g/mol. The van der Waals surface area contributed by atoms with Gasteiger partial charge in [0.15, 0.2) is 0 Å². The standard InChI is InChI=1S/C8H8Br2N2OS/c9-6-1-5(7(10)14-6)8(13)12-2-4(11)3-12/h1,4H,2-3,11H2. The summed E-state index contributed by atoms with van der Waals surface area (Å²) >= 11 is 8.21. The molecule has 1 aliphatic heterocycles. The van der Waals surface area contributed by atoms with E-state index in [0.29, 0.717) is 18.7 Å². The first-order valence-corrected chi connectivity index (χ1v) is 6.48. The van der Waals surface area contributed by atoms with Crippen LogP contribution in [0.1, 0.15) is 10.4 Å². The zero-order valence-corrected chi connectivity index (χ0v) is 11.2. The van der Waals surface area contributed by atoms with E-state index in [1.165, 1.54) is 11.3 Å². The third-order valence-corrected chi connectivity index (χ3v) is 4.42. The first-order chi connectivity index (χ1) is 6.58. The number of nitrogens with zero attached hydrogens (tertiary/aromatic N) is 1. The van der Waals surface area contributed by atoms with Crippen molar-refractivity contribution in [2.75, 3.05) is 13.1 Å². The lowest BCUT2D eigenvalue weighted by Crippen LogP contribution is -2.57. The molecule has 2 heterocycles. The number of thiophene rings is 1. The average Bonchev–Trinajstić information content (AvgIpc) is 2.39. The fraction of sp³-hybridized carbons (Fsp3) is 0.375. The Hall–Kier alpha value is 0.0900. The zero-order valence-electron chi connectivity index (χ0n) is 7.17. The van der Waals surface area contributed by atoms with Crippen LogP contribution in [0.5, 0.6) is 0 Å². The number of hydrogen-bond donors (Lipinski definition) is 1. The number of likely N-dealkylation sites (tertiary alicyclic amines) is 1. The second-order valence-corrected chi connectivity index (χ2v) is 6.96. The molecular weight excluding hydrogens is 332 g/mol. The molecule has 1 amide bonds. The van der Waals surface area contributed by atoms with Gasteiger partial charge in [0.05, 0.1) is 13.1 Å². The highest BCUT2D eigenvalue weighted by Gasteiger charge is 2.29. The Morgan fingerprint density at radius 2 is 2.21 bits per heavy atom. The van der Waals surface area contributed by atoms with Crippen molar-refractivity contribution in [2.45, 2.75) is 6.04 Å². The topological polar surface area (TPSA) is 46.3 Å². The minimum Gasteiger partial charge on any atom is -0.335 e. The molecule has 0 radical (unpaired) electrons. The van der Waals surface area contributed by atoms with Crippen molar-refractivity contribution in [1.82, 2.24) is 4.90 Å². The van der Waals surface area contributed by atoms with Crippen molar-refractivity contribution in [3.05, 3.63) is 19.2 Å². The molecule has 0 saturated carbocycles. The Morgan fingerprint density at radius 1 is 1.57 bits per heavy atom. The second kappa shape index (κ2) is 3.92. The van der Waals surface area contributed by atoms with Crippen LogP contribution in [0.25, 0.3) is 0 Å². The number of carbonyl (C=O) groups excluding carboxylic acids is 1. The van der Waals surface area contributed by atoms with Gasteiger partial charge in [-0.05, 0) is 37.9 Å². The summed E-state index contributed by atoms with van der Waals surface area (Å²) in [6, 6.07) is 1.99. The Labute approximate surface area is 103 Å². The Morgan fingerprint density at radius 3 is 2.64 bits per heavy atom. The minimum absolute atomic E-state index is 0.0560. The quantitative estimate of drug-likeness (QED) is 0.851. The summed E-state index contributed by atoms with van der Waals surface area (Å²) < 4.78 is 1.83. The predicted octanol–water partition coefficient (Wildman–Crippen LogP) is 2.06. The third kappa shape index (κ3) is 1.88. The summed E-state index contributed by atoms with van der Waals surface area (Å²) in [5, 5.41) is 0. The highest BCUT2D eigenvalue weighted by atomic mass is 79.9. The molecule has 0 aromatic carbocycles. The molecule has 2 rings (SSSR count). The molecule has 0 spiro atoms. The monoisotopic (exact) mass is 338 g/mol. The number of rotatable bonds is 1. The van der Waals surface area contributed by atoms with Gasteiger partial charge in [-0.25, -0.2) is 0 Å².